The first-order valence-electron chi connectivity index (χ1n) is 5.46. The van der Waals surface area contributed by atoms with Crippen LogP contribution in [-0.2, 0) is 4.79 Å². The Labute approximate surface area is 100 Å². The third-order valence-electron chi connectivity index (χ3n) is 2.60. The highest BCUT2D eigenvalue weighted by atomic mass is 32.1. The molecule has 0 bridgehead atoms. The predicted octanol–water partition coefficient (Wildman–Crippen LogP) is 2.87. The Morgan fingerprint density at radius 3 is 2.69 bits per heavy atom. The van der Waals surface area contributed by atoms with E-state index in [-0.39, 0.29) is 11.8 Å². The number of carbonyl (C=O) groups is 1. The van der Waals surface area contributed by atoms with Crippen LogP contribution in [0.2, 0.25) is 0 Å². The largest absolute Gasteiger partial charge is 0.336 e. The molecule has 1 atom stereocenters. The lowest BCUT2D eigenvalue weighted by molar-refractivity contribution is -0.125. The zero-order valence-electron chi connectivity index (χ0n) is 9.56. The fraction of sp³-hybridized carbons (Fsp3) is 0.500. The summed E-state index contributed by atoms with van der Waals surface area (Å²) in [6.07, 6.45) is 1.62. The van der Waals surface area contributed by atoms with Crippen molar-refractivity contribution in [2.75, 3.05) is 0 Å². The van der Waals surface area contributed by atoms with Crippen molar-refractivity contribution in [2.24, 2.45) is 5.92 Å². The summed E-state index contributed by atoms with van der Waals surface area (Å²) in [6.45, 7) is 3.97. The van der Waals surface area contributed by atoms with Gasteiger partial charge in [0.25, 0.3) is 0 Å². The minimum atomic E-state index is -0.506. The van der Waals surface area contributed by atoms with Gasteiger partial charge in [0.05, 0.1) is 6.07 Å². The van der Waals surface area contributed by atoms with E-state index in [9.17, 15) is 4.79 Å². The smallest absolute Gasteiger partial charge is 0.224 e. The lowest BCUT2D eigenvalue weighted by Gasteiger charge is -2.15. The molecule has 0 aliphatic carbocycles. The van der Waals surface area contributed by atoms with Crippen molar-refractivity contribution in [1.29, 1.82) is 5.26 Å². The van der Waals surface area contributed by atoms with Crippen LogP contribution < -0.4 is 5.32 Å². The number of nitrogens with one attached hydrogen (secondary N) is 1. The Hall–Kier alpha value is -1.34. The summed E-state index contributed by atoms with van der Waals surface area (Å²) in [5, 5.41) is 13.7. The second-order valence-corrected chi connectivity index (χ2v) is 4.58. The van der Waals surface area contributed by atoms with Gasteiger partial charge in [-0.3, -0.25) is 4.79 Å². The maximum atomic E-state index is 11.8. The number of amides is 1. The number of hydrogen-bond acceptors (Lipinski definition) is 3. The molecule has 1 heterocycles. The molecule has 1 N–H and O–H groups in total. The third-order valence-corrected chi connectivity index (χ3v) is 3.54. The van der Waals surface area contributed by atoms with Crippen LogP contribution in [0.25, 0.3) is 0 Å². The van der Waals surface area contributed by atoms with Gasteiger partial charge in [-0.25, -0.2) is 0 Å². The molecule has 1 rings (SSSR count). The van der Waals surface area contributed by atoms with Crippen molar-refractivity contribution in [1.82, 2.24) is 5.32 Å². The standard InChI is InChI=1S/C12H16N2OS/c1-3-9(4-2)12(15)14-10(8-13)11-6-5-7-16-11/h5-7,9-10H,3-4H2,1-2H3,(H,14,15). The van der Waals surface area contributed by atoms with Gasteiger partial charge in [0.2, 0.25) is 5.91 Å². The molecule has 0 aromatic carbocycles. The van der Waals surface area contributed by atoms with Crippen molar-refractivity contribution in [2.45, 2.75) is 32.7 Å². The van der Waals surface area contributed by atoms with E-state index < -0.39 is 6.04 Å². The lowest BCUT2D eigenvalue weighted by Crippen LogP contribution is -2.32. The van der Waals surface area contributed by atoms with Gasteiger partial charge in [-0.1, -0.05) is 19.9 Å². The van der Waals surface area contributed by atoms with Crippen LogP contribution in [0.15, 0.2) is 17.5 Å². The molecule has 4 heteroatoms. The third kappa shape index (κ3) is 3.07. The summed E-state index contributed by atoms with van der Waals surface area (Å²) < 4.78 is 0. The van der Waals surface area contributed by atoms with Crippen LogP contribution in [0.4, 0.5) is 0 Å². The first-order valence-corrected chi connectivity index (χ1v) is 6.34. The van der Waals surface area contributed by atoms with Crippen LogP contribution in [0.1, 0.15) is 37.6 Å². The van der Waals surface area contributed by atoms with E-state index in [0.29, 0.717) is 0 Å². The van der Waals surface area contributed by atoms with Crippen molar-refractivity contribution < 1.29 is 4.79 Å². The van der Waals surface area contributed by atoms with Gasteiger partial charge in [0.15, 0.2) is 6.04 Å². The van der Waals surface area contributed by atoms with E-state index in [4.69, 9.17) is 5.26 Å². The van der Waals surface area contributed by atoms with Crippen molar-refractivity contribution in [3.63, 3.8) is 0 Å². The van der Waals surface area contributed by atoms with Gasteiger partial charge < -0.3 is 5.32 Å². The summed E-state index contributed by atoms with van der Waals surface area (Å²) >= 11 is 1.49. The predicted molar refractivity (Wildman–Crippen MR) is 64.9 cm³/mol. The van der Waals surface area contributed by atoms with Crippen LogP contribution in [0.5, 0.6) is 0 Å². The molecule has 0 aliphatic rings. The topological polar surface area (TPSA) is 52.9 Å². The Balaban J connectivity index is 2.65. The molecule has 0 saturated carbocycles. The molecular weight excluding hydrogens is 220 g/mol. The molecule has 1 aromatic heterocycles. The Morgan fingerprint density at radius 2 is 2.25 bits per heavy atom. The van der Waals surface area contributed by atoms with Crippen molar-refractivity contribution in [3.05, 3.63) is 22.4 Å². The van der Waals surface area contributed by atoms with Gasteiger partial charge in [0.1, 0.15) is 0 Å². The number of nitrogens with zero attached hydrogens (tertiary/aromatic N) is 1. The maximum absolute atomic E-state index is 11.8. The van der Waals surface area contributed by atoms with Gasteiger partial charge >= 0.3 is 0 Å². The molecule has 0 saturated heterocycles. The minimum absolute atomic E-state index is 0.0100. The SMILES string of the molecule is CCC(CC)C(=O)NC(C#N)c1cccs1. The van der Waals surface area contributed by atoms with Crippen LogP contribution in [0.3, 0.4) is 0 Å². The highest BCUT2D eigenvalue weighted by Crippen LogP contribution is 2.19. The average molecular weight is 236 g/mol. The van der Waals surface area contributed by atoms with Gasteiger partial charge in [-0.15, -0.1) is 11.3 Å². The Bertz CT molecular complexity index is 363. The zero-order valence-corrected chi connectivity index (χ0v) is 10.4. The Kier molecular flexibility index (Phi) is 5.00. The molecule has 0 aliphatic heterocycles. The minimum Gasteiger partial charge on any atom is -0.336 e. The van der Waals surface area contributed by atoms with Crippen molar-refractivity contribution in [3.8, 4) is 6.07 Å². The van der Waals surface area contributed by atoms with Crippen LogP contribution in [0, 0.1) is 17.2 Å². The molecule has 0 spiro atoms. The van der Waals surface area contributed by atoms with E-state index >= 15 is 0 Å². The summed E-state index contributed by atoms with van der Waals surface area (Å²) in [5.41, 5.74) is 0. The quantitative estimate of drug-likeness (QED) is 0.854. The molecule has 1 amide bonds. The molecule has 0 radical (unpaired) electrons. The number of hydrogen-bond donors (Lipinski definition) is 1. The monoisotopic (exact) mass is 236 g/mol. The highest BCUT2D eigenvalue weighted by molar-refractivity contribution is 7.10. The number of rotatable bonds is 5. The average Bonchev–Trinajstić information content (AvgIpc) is 2.81. The molecule has 1 aromatic rings. The highest BCUT2D eigenvalue weighted by Gasteiger charge is 2.19. The molecule has 0 fully saturated rings. The lowest BCUT2D eigenvalue weighted by atomic mass is 10.0. The second kappa shape index (κ2) is 6.29. The van der Waals surface area contributed by atoms with Crippen molar-refractivity contribution >= 4 is 17.2 Å². The molecule has 86 valence electrons. The number of nitriles is 1. The fourth-order valence-electron chi connectivity index (χ4n) is 1.54. The van der Waals surface area contributed by atoms with Crippen LogP contribution >= 0.6 is 11.3 Å². The second-order valence-electron chi connectivity index (χ2n) is 3.60. The van der Waals surface area contributed by atoms with E-state index in [1.165, 1.54) is 11.3 Å². The molecule has 16 heavy (non-hydrogen) atoms. The van der Waals surface area contributed by atoms with E-state index in [2.05, 4.69) is 11.4 Å². The van der Waals surface area contributed by atoms with E-state index in [1.807, 2.05) is 31.4 Å². The summed E-state index contributed by atoms with van der Waals surface area (Å²) in [4.78, 5) is 12.7. The van der Waals surface area contributed by atoms with Gasteiger partial charge in [0, 0.05) is 10.8 Å². The van der Waals surface area contributed by atoms with E-state index in [1.54, 1.807) is 0 Å². The summed E-state index contributed by atoms with van der Waals surface area (Å²) in [7, 11) is 0. The summed E-state index contributed by atoms with van der Waals surface area (Å²) in [5.74, 6) is -0.0132. The number of thiophene rings is 1. The molecule has 3 nitrogen and oxygen atoms in total. The van der Waals surface area contributed by atoms with E-state index in [0.717, 1.165) is 17.7 Å². The maximum Gasteiger partial charge on any atom is 0.224 e. The molecular formula is C12H16N2OS. The normalized spacial score (nSPS) is 12.1. The first-order chi connectivity index (χ1) is 7.72. The van der Waals surface area contributed by atoms with Crippen LogP contribution in [-0.4, -0.2) is 5.91 Å². The van der Waals surface area contributed by atoms with Gasteiger partial charge in [-0.05, 0) is 24.3 Å². The zero-order chi connectivity index (χ0) is 12.0. The first kappa shape index (κ1) is 12.7. The molecule has 1 unspecified atom stereocenters. The Morgan fingerprint density at radius 1 is 1.56 bits per heavy atom. The summed E-state index contributed by atoms with van der Waals surface area (Å²) in [6, 6.07) is 5.36. The number of carbonyl (C=O) groups excluding carboxylic acids is 1. The fourth-order valence-corrected chi connectivity index (χ4v) is 2.26. The van der Waals surface area contributed by atoms with Gasteiger partial charge in [-0.2, -0.15) is 5.26 Å².